The van der Waals surface area contributed by atoms with E-state index in [1.807, 2.05) is 13.0 Å². The maximum absolute atomic E-state index is 13.3. The van der Waals surface area contributed by atoms with Crippen molar-refractivity contribution in [3.05, 3.63) is 35.1 Å². The molecule has 1 aliphatic heterocycles. The zero-order valence-electron chi connectivity index (χ0n) is 12.0. The van der Waals surface area contributed by atoms with Crippen LogP contribution in [0.2, 0.25) is 0 Å². The lowest BCUT2D eigenvalue weighted by atomic mass is 9.93. The Kier molecular flexibility index (Phi) is 4.94. The van der Waals surface area contributed by atoms with Crippen molar-refractivity contribution in [2.24, 2.45) is 5.73 Å². The summed E-state index contributed by atoms with van der Waals surface area (Å²) in [6.07, 6.45) is 4.98. The number of rotatable bonds is 4. The van der Waals surface area contributed by atoms with Crippen molar-refractivity contribution in [3.8, 4) is 0 Å². The quantitative estimate of drug-likeness (QED) is 0.903. The minimum Gasteiger partial charge on any atom is -0.329 e. The third kappa shape index (κ3) is 3.15. The van der Waals surface area contributed by atoms with Gasteiger partial charge < -0.3 is 5.73 Å². The summed E-state index contributed by atoms with van der Waals surface area (Å²) in [5.41, 5.74) is 8.22. The zero-order valence-corrected chi connectivity index (χ0v) is 12.0. The summed E-state index contributed by atoms with van der Waals surface area (Å²) >= 11 is 0. The second kappa shape index (κ2) is 6.49. The fourth-order valence-corrected chi connectivity index (χ4v) is 3.33. The van der Waals surface area contributed by atoms with Gasteiger partial charge in [0.1, 0.15) is 5.82 Å². The molecule has 3 heteroatoms. The lowest BCUT2D eigenvalue weighted by Crippen LogP contribution is -2.44. The van der Waals surface area contributed by atoms with Crippen LogP contribution in [-0.2, 0) is 0 Å². The summed E-state index contributed by atoms with van der Waals surface area (Å²) in [6, 6.07) is 5.92. The second-order valence-electron chi connectivity index (χ2n) is 5.55. The lowest BCUT2D eigenvalue weighted by molar-refractivity contribution is 0.0946. The molecule has 1 heterocycles. The third-order valence-electron chi connectivity index (χ3n) is 4.36. The number of nitrogens with two attached hydrogens (primary N) is 1. The highest BCUT2D eigenvalue weighted by molar-refractivity contribution is 5.30. The number of benzene rings is 1. The number of hydrogen-bond acceptors (Lipinski definition) is 2. The SMILES string of the molecule is CCC1CCCCN1C(CN)c1ccc(F)cc1C. The Labute approximate surface area is 115 Å². The van der Waals surface area contributed by atoms with Crippen molar-refractivity contribution in [1.82, 2.24) is 4.90 Å². The summed E-state index contributed by atoms with van der Waals surface area (Å²) in [7, 11) is 0. The molecular weight excluding hydrogens is 239 g/mol. The van der Waals surface area contributed by atoms with E-state index < -0.39 is 0 Å². The van der Waals surface area contributed by atoms with Crippen molar-refractivity contribution < 1.29 is 4.39 Å². The lowest BCUT2D eigenvalue weighted by Gasteiger charge is -2.41. The normalized spacial score (nSPS) is 22.4. The third-order valence-corrected chi connectivity index (χ3v) is 4.36. The molecule has 19 heavy (non-hydrogen) atoms. The number of likely N-dealkylation sites (tertiary alicyclic amines) is 1. The summed E-state index contributed by atoms with van der Waals surface area (Å²) in [6.45, 7) is 5.93. The molecule has 0 aromatic heterocycles. The molecule has 2 nitrogen and oxygen atoms in total. The molecule has 1 fully saturated rings. The summed E-state index contributed by atoms with van der Waals surface area (Å²) < 4.78 is 13.3. The van der Waals surface area contributed by atoms with Crippen LogP contribution in [0, 0.1) is 12.7 Å². The van der Waals surface area contributed by atoms with Crippen LogP contribution in [0.4, 0.5) is 4.39 Å². The number of aryl methyl sites for hydroxylation is 1. The smallest absolute Gasteiger partial charge is 0.123 e. The Morgan fingerprint density at radius 3 is 2.84 bits per heavy atom. The van der Waals surface area contributed by atoms with Crippen LogP contribution < -0.4 is 5.73 Å². The van der Waals surface area contributed by atoms with Crippen LogP contribution in [0.25, 0.3) is 0 Å². The maximum Gasteiger partial charge on any atom is 0.123 e. The molecule has 0 aliphatic carbocycles. The van der Waals surface area contributed by atoms with Gasteiger partial charge in [-0.15, -0.1) is 0 Å². The standard InChI is InChI=1S/C16H25FN2/c1-3-14-6-4-5-9-19(14)16(11-18)15-8-7-13(17)10-12(15)2/h7-8,10,14,16H,3-6,9,11,18H2,1-2H3. The van der Waals surface area contributed by atoms with Gasteiger partial charge in [0.05, 0.1) is 0 Å². The van der Waals surface area contributed by atoms with Crippen LogP contribution in [0.5, 0.6) is 0 Å². The van der Waals surface area contributed by atoms with Gasteiger partial charge in [-0.25, -0.2) is 4.39 Å². The van der Waals surface area contributed by atoms with E-state index in [1.54, 1.807) is 12.1 Å². The molecule has 2 rings (SSSR count). The number of hydrogen-bond donors (Lipinski definition) is 1. The predicted octanol–water partition coefficient (Wildman–Crippen LogP) is 3.40. The molecule has 1 aromatic carbocycles. The number of piperidine rings is 1. The van der Waals surface area contributed by atoms with E-state index in [0.29, 0.717) is 12.6 Å². The largest absolute Gasteiger partial charge is 0.329 e. The van der Waals surface area contributed by atoms with Crippen LogP contribution in [0.3, 0.4) is 0 Å². The fourth-order valence-electron chi connectivity index (χ4n) is 3.33. The van der Waals surface area contributed by atoms with E-state index in [9.17, 15) is 4.39 Å². The van der Waals surface area contributed by atoms with Crippen molar-refractivity contribution in [1.29, 1.82) is 0 Å². The average Bonchev–Trinajstić information content (AvgIpc) is 2.42. The van der Waals surface area contributed by atoms with E-state index in [2.05, 4.69) is 11.8 Å². The fraction of sp³-hybridized carbons (Fsp3) is 0.625. The molecular formula is C16H25FN2. The van der Waals surface area contributed by atoms with Crippen molar-refractivity contribution in [2.45, 2.75) is 51.6 Å². The van der Waals surface area contributed by atoms with Gasteiger partial charge in [-0.3, -0.25) is 4.90 Å². The Morgan fingerprint density at radius 1 is 1.42 bits per heavy atom. The molecule has 2 unspecified atom stereocenters. The molecule has 1 aromatic rings. The summed E-state index contributed by atoms with van der Waals surface area (Å²) in [5, 5.41) is 0. The van der Waals surface area contributed by atoms with Gasteiger partial charge in [0.25, 0.3) is 0 Å². The Hall–Kier alpha value is -0.930. The van der Waals surface area contributed by atoms with Crippen molar-refractivity contribution in [2.75, 3.05) is 13.1 Å². The molecule has 0 amide bonds. The van der Waals surface area contributed by atoms with Crippen LogP contribution >= 0.6 is 0 Å². The van der Waals surface area contributed by atoms with E-state index >= 15 is 0 Å². The number of nitrogens with zero attached hydrogens (tertiary/aromatic N) is 1. The summed E-state index contributed by atoms with van der Waals surface area (Å²) in [4.78, 5) is 2.53. The topological polar surface area (TPSA) is 29.3 Å². The molecule has 106 valence electrons. The number of halogens is 1. The van der Waals surface area contributed by atoms with Gasteiger partial charge in [-0.05, 0) is 56.0 Å². The van der Waals surface area contributed by atoms with Crippen LogP contribution in [0.15, 0.2) is 18.2 Å². The molecule has 1 aliphatic rings. The molecule has 2 atom stereocenters. The molecule has 0 saturated carbocycles. The highest BCUT2D eigenvalue weighted by Gasteiger charge is 2.28. The molecule has 2 N–H and O–H groups in total. The predicted molar refractivity (Wildman–Crippen MR) is 77.6 cm³/mol. The van der Waals surface area contributed by atoms with Crippen LogP contribution in [0.1, 0.15) is 49.8 Å². The Balaban J connectivity index is 2.27. The van der Waals surface area contributed by atoms with Crippen LogP contribution in [-0.4, -0.2) is 24.0 Å². The average molecular weight is 264 g/mol. The second-order valence-corrected chi connectivity index (χ2v) is 5.55. The molecule has 0 spiro atoms. The van der Waals surface area contributed by atoms with Gasteiger partial charge in [0, 0.05) is 18.6 Å². The van der Waals surface area contributed by atoms with E-state index in [-0.39, 0.29) is 11.9 Å². The molecule has 1 saturated heterocycles. The van der Waals surface area contributed by atoms with Gasteiger partial charge >= 0.3 is 0 Å². The first-order valence-corrected chi connectivity index (χ1v) is 7.39. The first kappa shape index (κ1) is 14.5. The minimum absolute atomic E-state index is 0.164. The summed E-state index contributed by atoms with van der Waals surface area (Å²) in [5.74, 6) is -0.164. The first-order chi connectivity index (χ1) is 9.17. The Morgan fingerprint density at radius 2 is 2.21 bits per heavy atom. The van der Waals surface area contributed by atoms with Gasteiger partial charge in [-0.2, -0.15) is 0 Å². The highest BCUT2D eigenvalue weighted by atomic mass is 19.1. The van der Waals surface area contributed by atoms with E-state index in [1.165, 1.54) is 24.8 Å². The van der Waals surface area contributed by atoms with Crippen molar-refractivity contribution >= 4 is 0 Å². The zero-order chi connectivity index (χ0) is 13.8. The highest BCUT2D eigenvalue weighted by Crippen LogP contribution is 2.31. The molecule has 0 radical (unpaired) electrons. The first-order valence-electron chi connectivity index (χ1n) is 7.39. The van der Waals surface area contributed by atoms with Gasteiger partial charge in [0.15, 0.2) is 0 Å². The maximum atomic E-state index is 13.3. The molecule has 0 bridgehead atoms. The van der Waals surface area contributed by atoms with E-state index in [4.69, 9.17) is 5.73 Å². The van der Waals surface area contributed by atoms with Crippen molar-refractivity contribution in [3.63, 3.8) is 0 Å². The van der Waals surface area contributed by atoms with E-state index in [0.717, 1.165) is 18.5 Å². The minimum atomic E-state index is -0.164. The van der Waals surface area contributed by atoms with Gasteiger partial charge in [-0.1, -0.05) is 19.4 Å². The Bertz CT molecular complexity index is 419. The van der Waals surface area contributed by atoms with Gasteiger partial charge in [0.2, 0.25) is 0 Å². The monoisotopic (exact) mass is 264 g/mol.